The zero-order valence-electron chi connectivity index (χ0n) is 16.1. The minimum absolute atomic E-state index is 0.0859. The molecule has 2 N–H and O–H groups in total. The fourth-order valence-corrected chi connectivity index (χ4v) is 4.78. The Morgan fingerprint density at radius 1 is 1.23 bits per heavy atom. The standard InChI is InChI=1S/C20H16ClN5O3S2/c1-13-18(19(27)26(24-13)16-4-2-3-14(21)11-16)12-23-15-5-7-17(8-6-15)31(28,29)25-20-22-9-10-30-20/h2-12,24H,1H3,(H,22,25). The van der Waals surface area contributed by atoms with Crippen LogP contribution in [0.1, 0.15) is 11.3 Å². The van der Waals surface area contributed by atoms with E-state index in [2.05, 4.69) is 19.8 Å². The van der Waals surface area contributed by atoms with E-state index in [1.807, 2.05) is 0 Å². The van der Waals surface area contributed by atoms with Crippen LogP contribution in [0.3, 0.4) is 0 Å². The first kappa shape index (κ1) is 21.0. The number of thiazole rings is 1. The highest BCUT2D eigenvalue weighted by atomic mass is 35.5. The van der Waals surface area contributed by atoms with Crippen LogP contribution in [0.2, 0.25) is 5.02 Å². The van der Waals surface area contributed by atoms with Gasteiger partial charge in [0.25, 0.3) is 15.6 Å². The molecule has 0 bridgehead atoms. The summed E-state index contributed by atoms with van der Waals surface area (Å²) in [6.45, 7) is 1.77. The van der Waals surface area contributed by atoms with Crippen LogP contribution < -0.4 is 10.3 Å². The molecule has 2 aromatic heterocycles. The van der Waals surface area contributed by atoms with Crippen LogP contribution in [-0.4, -0.2) is 29.4 Å². The van der Waals surface area contributed by atoms with Crippen molar-refractivity contribution < 1.29 is 8.42 Å². The van der Waals surface area contributed by atoms with Crippen molar-refractivity contribution in [3.63, 3.8) is 0 Å². The van der Waals surface area contributed by atoms with Gasteiger partial charge in [-0.1, -0.05) is 17.7 Å². The zero-order chi connectivity index (χ0) is 22.0. The second kappa shape index (κ2) is 8.50. The van der Waals surface area contributed by atoms with Gasteiger partial charge in [0.2, 0.25) is 0 Å². The van der Waals surface area contributed by atoms with Gasteiger partial charge in [-0.25, -0.2) is 18.1 Å². The molecule has 0 aliphatic carbocycles. The van der Waals surface area contributed by atoms with Crippen molar-refractivity contribution in [1.29, 1.82) is 0 Å². The monoisotopic (exact) mass is 473 g/mol. The summed E-state index contributed by atoms with van der Waals surface area (Å²) < 4.78 is 28.6. The van der Waals surface area contributed by atoms with Gasteiger partial charge < -0.3 is 0 Å². The lowest BCUT2D eigenvalue weighted by atomic mass is 10.2. The zero-order valence-corrected chi connectivity index (χ0v) is 18.5. The van der Waals surface area contributed by atoms with Gasteiger partial charge in [0, 0.05) is 28.5 Å². The summed E-state index contributed by atoms with van der Waals surface area (Å²) in [7, 11) is -3.73. The van der Waals surface area contributed by atoms with Gasteiger partial charge in [-0.15, -0.1) is 11.3 Å². The van der Waals surface area contributed by atoms with Gasteiger partial charge in [0.05, 0.1) is 21.8 Å². The molecule has 0 saturated carbocycles. The van der Waals surface area contributed by atoms with Crippen molar-refractivity contribution >= 4 is 50.0 Å². The lowest BCUT2D eigenvalue weighted by Gasteiger charge is -2.05. The number of aryl methyl sites for hydroxylation is 1. The van der Waals surface area contributed by atoms with Crippen molar-refractivity contribution in [3.8, 4) is 5.69 Å². The van der Waals surface area contributed by atoms with Gasteiger partial charge in [0.1, 0.15) is 0 Å². The Bertz CT molecular complexity index is 1410. The fourth-order valence-electron chi connectivity index (χ4n) is 2.81. The number of halogens is 1. The molecular weight excluding hydrogens is 458 g/mol. The first-order valence-electron chi connectivity index (χ1n) is 8.97. The van der Waals surface area contributed by atoms with E-state index in [0.717, 1.165) is 0 Å². The molecule has 0 radical (unpaired) electrons. The van der Waals surface area contributed by atoms with Gasteiger partial charge in [-0.3, -0.25) is 19.6 Å². The topological polar surface area (TPSA) is 109 Å². The van der Waals surface area contributed by atoms with E-state index < -0.39 is 10.0 Å². The van der Waals surface area contributed by atoms with Crippen LogP contribution >= 0.6 is 22.9 Å². The Hall–Kier alpha value is -3.21. The third-order valence-electron chi connectivity index (χ3n) is 4.33. The highest BCUT2D eigenvalue weighted by Gasteiger charge is 2.15. The normalized spacial score (nSPS) is 11.8. The van der Waals surface area contributed by atoms with Gasteiger partial charge in [0.15, 0.2) is 5.13 Å². The summed E-state index contributed by atoms with van der Waals surface area (Å²) in [5, 5.41) is 5.50. The van der Waals surface area contributed by atoms with E-state index in [9.17, 15) is 13.2 Å². The minimum Gasteiger partial charge on any atom is -0.295 e. The minimum atomic E-state index is -3.73. The largest absolute Gasteiger partial charge is 0.295 e. The van der Waals surface area contributed by atoms with Gasteiger partial charge >= 0.3 is 0 Å². The molecule has 11 heteroatoms. The molecule has 4 aromatic rings. The maximum absolute atomic E-state index is 12.8. The Labute approximate surface area is 186 Å². The summed E-state index contributed by atoms with van der Waals surface area (Å²) in [4.78, 5) is 21.1. The molecule has 0 aliphatic rings. The van der Waals surface area contributed by atoms with E-state index in [1.54, 1.807) is 48.7 Å². The van der Waals surface area contributed by atoms with E-state index in [-0.39, 0.29) is 10.5 Å². The molecule has 0 amide bonds. The molecular formula is C20H16ClN5O3S2. The number of aromatic amines is 1. The Morgan fingerprint density at radius 2 is 2.00 bits per heavy atom. The first-order chi connectivity index (χ1) is 14.8. The van der Waals surface area contributed by atoms with Gasteiger partial charge in [-0.2, -0.15) is 0 Å². The number of hydrogen-bond donors (Lipinski definition) is 2. The molecule has 0 atom stereocenters. The van der Waals surface area contributed by atoms with Crippen molar-refractivity contribution in [1.82, 2.24) is 14.8 Å². The number of H-pyrrole nitrogens is 1. The van der Waals surface area contributed by atoms with E-state index in [1.165, 1.54) is 40.6 Å². The lowest BCUT2D eigenvalue weighted by Crippen LogP contribution is -2.17. The molecule has 0 fully saturated rings. The van der Waals surface area contributed by atoms with Gasteiger partial charge in [-0.05, 0) is 49.4 Å². The molecule has 0 unspecified atom stereocenters. The highest BCUT2D eigenvalue weighted by Crippen LogP contribution is 2.21. The fraction of sp³-hybridized carbons (Fsp3) is 0.0500. The maximum atomic E-state index is 12.8. The number of aliphatic imine (C=N–C) groups is 1. The summed E-state index contributed by atoms with van der Waals surface area (Å²) in [6.07, 6.45) is 2.97. The molecule has 2 aromatic carbocycles. The smallest absolute Gasteiger partial charge is 0.280 e. The number of nitrogens with zero attached hydrogens (tertiary/aromatic N) is 3. The second-order valence-electron chi connectivity index (χ2n) is 6.47. The van der Waals surface area contributed by atoms with E-state index >= 15 is 0 Å². The van der Waals surface area contributed by atoms with E-state index in [0.29, 0.717) is 32.8 Å². The third-order valence-corrected chi connectivity index (χ3v) is 6.73. The molecule has 2 heterocycles. The molecule has 8 nitrogen and oxygen atoms in total. The Kier molecular flexibility index (Phi) is 5.77. The highest BCUT2D eigenvalue weighted by molar-refractivity contribution is 7.93. The quantitative estimate of drug-likeness (QED) is 0.410. The lowest BCUT2D eigenvalue weighted by molar-refractivity contribution is 0.601. The van der Waals surface area contributed by atoms with Crippen LogP contribution in [-0.2, 0) is 10.0 Å². The van der Waals surface area contributed by atoms with Crippen LogP contribution in [0.5, 0.6) is 0 Å². The second-order valence-corrected chi connectivity index (χ2v) is 9.48. The molecule has 4 rings (SSSR count). The van der Waals surface area contributed by atoms with Crippen molar-refractivity contribution in [2.75, 3.05) is 4.72 Å². The van der Waals surface area contributed by atoms with Crippen LogP contribution in [0, 0.1) is 6.92 Å². The molecule has 0 spiro atoms. The van der Waals surface area contributed by atoms with Crippen molar-refractivity contribution in [2.24, 2.45) is 4.99 Å². The molecule has 0 aliphatic heterocycles. The third kappa shape index (κ3) is 4.61. The van der Waals surface area contributed by atoms with Crippen LogP contribution in [0.4, 0.5) is 10.8 Å². The molecule has 158 valence electrons. The number of sulfonamides is 1. The SMILES string of the molecule is Cc1[nH]n(-c2cccc(Cl)c2)c(=O)c1C=Nc1ccc(S(=O)(=O)Nc2nccs2)cc1. The van der Waals surface area contributed by atoms with Crippen LogP contribution in [0.25, 0.3) is 5.69 Å². The summed E-state index contributed by atoms with van der Waals surface area (Å²) in [6, 6.07) is 12.9. The summed E-state index contributed by atoms with van der Waals surface area (Å²) in [5.74, 6) is 0. The number of benzene rings is 2. The number of hydrogen-bond acceptors (Lipinski definition) is 6. The first-order valence-corrected chi connectivity index (χ1v) is 11.7. The molecule has 0 saturated heterocycles. The number of nitrogens with one attached hydrogen (secondary N) is 2. The van der Waals surface area contributed by atoms with Crippen molar-refractivity contribution in [3.05, 3.63) is 86.7 Å². The average molecular weight is 474 g/mol. The predicted octanol–water partition coefficient (Wildman–Crippen LogP) is 4.14. The number of aromatic nitrogens is 3. The van der Waals surface area contributed by atoms with Crippen LogP contribution in [0.15, 0.2) is 74.8 Å². The number of rotatable bonds is 6. The van der Waals surface area contributed by atoms with E-state index in [4.69, 9.17) is 11.6 Å². The Morgan fingerprint density at radius 3 is 2.68 bits per heavy atom. The Balaban J connectivity index is 1.56. The predicted molar refractivity (Wildman–Crippen MR) is 123 cm³/mol. The average Bonchev–Trinajstić information content (AvgIpc) is 3.34. The van der Waals surface area contributed by atoms with Crippen molar-refractivity contribution in [2.45, 2.75) is 11.8 Å². The summed E-state index contributed by atoms with van der Waals surface area (Å²) in [5.41, 5.74) is 1.88. The molecule has 31 heavy (non-hydrogen) atoms. The summed E-state index contributed by atoms with van der Waals surface area (Å²) >= 11 is 7.20. The maximum Gasteiger partial charge on any atom is 0.280 e. The number of anilines is 1.